The first kappa shape index (κ1) is 31.8. The van der Waals surface area contributed by atoms with E-state index in [1.807, 2.05) is 11.3 Å². The molecule has 0 spiro atoms. The van der Waals surface area contributed by atoms with Crippen molar-refractivity contribution < 1.29 is 0 Å². The van der Waals surface area contributed by atoms with Crippen LogP contribution >= 0.6 is 11.3 Å². The van der Waals surface area contributed by atoms with Gasteiger partial charge in [-0.05, 0) is 111 Å². The molecule has 11 aromatic rings. The van der Waals surface area contributed by atoms with Gasteiger partial charge in [-0.1, -0.05) is 184 Å². The fraction of sp³-hybridized carbons (Fsp3) is 0.0545. The highest BCUT2D eigenvalue weighted by atomic mass is 32.1. The van der Waals surface area contributed by atoms with E-state index in [2.05, 4.69) is 196 Å². The van der Waals surface area contributed by atoms with Crippen molar-refractivity contribution in [3.8, 4) is 44.5 Å². The quantitative estimate of drug-likeness (QED) is 0.159. The van der Waals surface area contributed by atoms with Crippen LogP contribution < -0.4 is 0 Å². The van der Waals surface area contributed by atoms with Crippen LogP contribution in [0.1, 0.15) is 25.0 Å². The summed E-state index contributed by atoms with van der Waals surface area (Å²) in [7, 11) is 0. The fourth-order valence-corrected chi connectivity index (χ4v) is 11.4. The molecule has 0 saturated carbocycles. The zero-order valence-corrected chi connectivity index (χ0v) is 32.0. The van der Waals surface area contributed by atoms with E-state index in [0.717, 1.165) is 0 Å². The van der Waals surface area contributed by atoms with Crippen molar-refractivity contribution in [3.05, 3.63) is 193 Å². The van der Waals surface area contributed by atoms with Gasteiger partial charge in [0.15, 0.2) is 0 Å². The number of thiophene rings is 1. The van der Waals surface area contributed by atoms with Crippen molar-refractivity contribution >= 4 is 74.6 Å². The highest BCUT2D eigenvalue weighted by molar-refractivity contribution is 7.26. The summed E-state index contributed by atoms with van der Waals surface area (Å²) in [5, 5.41) is 13.2. The molecule has 1 heteroatoms. The maximum Gasteiger partial charge on any atom is 0.0440 e. The number of hydrogen-bond acceptors (Lipinski definition) is 1. The average Bonchev–Trinajstić information content (AvgIpc) is 3.75. The minimum Gasteiger partial charge on any atom is -0.135 e. The molecule has 1 heterocycles. The van der Waals surface area contributed by atoms with Gasteiger partial charge in [0.2, 0.25) is 0 Å². The zero-order valence-electron chi connectivity index (χ0n) is 31.2. The summed E-state index contributed by atoms with van der Waals surface area (Å²) >= 11 is 1.93. The predicted octanol–water partition coefficient (Wildman–Crippen LogP) is 16.0. The van der Waals surface area contributed by atoms with Gasteiger partial charge in [-0.25, -0.2) is 0 Å². The Kier molecular flexibility index (Phi) is 6.66. The summed E-state index contributed by atoms with van der Waals surface area (Å²) in [6.45, 7) is 4.85. The summed E-state index contributed by atoms with van der Waals surface area (Å²) < 4.78 is 2.75. The second-order valence-electron chi connectivity index (χ2n) is 15.9. The third-order valence-electron chi connectivity index (χ3n) is 12.6. The lowest BCUT2D eigenvalue weighted by molar-refractivity contribution is 0.667. The van der Waals surface area contributed by atoms with Gasteiger partial charge in [-0.3, -0.25) is 0 Å². The van der Waals surface area contributed by atoms with E-state index in [9.17, 15) is 0 Å². The first-order valence-corrected chi connectivity index (χ1v) is 20.4. The topological polar surface area (TPSA) is 0 Å². The monoisotopic (exact) mass is 728 g/mol. The Labute approximate surface area is 329 Å². The molecule has 1 aromatic heterocycles. The largest absolute Gasteiger partial charge is 0.135 e. The fourth-order valence-electron chi connectivity index (χ4n) is 10.2. The van der Waals surface area contributed by atoms with Crippen LogP contribution in [0.4, 0.5) is 0 Å². The number of benzene rings is 10. The molecule has 1 aliphatic carbocycles. The van der Waals surface area contributed by atoms with Crippen LogP contribution in [-0.2, 0) is 5.41 Å². The third-order valence-corrected chi connectivity index (χ3v) is 13.8. The van der Waals surface area contributed by atoms with Crippen molar-refractivity contribution in [1.29, 1.82) is 0 Å². The van der Waals surface area contributed by atoms with Crippen molar-refractivity contribution in [2.24, 2.45) is 0 Å². The lowest BCUT2D eigenvalue weighted by Crippen LogP contribution is -2.15. The van der Waals surface area contributed by atoms with Gasteiger partial charge in [0.05, 0.1) is 0 Å². The maximum absolute atomic E-state index is 2.48. The highest BCUT2D eigenvalue weighted by Crippen LogP contribution is 2.57. The van der Waals surface area contributed by atoms with Gasteiger partial charge in [0, 0.05) is 25.6 Å². The Morgan fingerprint density at radius 2 is 0.911 bits per heavy atom. The van der Waals surface area contributed by atoms with Crippen molar-refractivity contribution in [3.63, 3.8) is 0 Å². The second kappa shape index (κ2) is 11.7. The van der Waals surface area contributed by atoms with Crippen molar-refractivity contribution in [2.75, 3.05) is 0 Å². The Morgan fingerprint density at radius 3 is 1.62 bits per heavy atom. The minimum atomic E-state index is -0.152. The molecule has 0 unspecified atom stereocenters. The first-order chi connectivity index (χ1) is 27.6. The Bertz CT molecular complexity index is 3370. The van der Waals surface area contributed by atoms with Crippen LogP contribution in [0.3, 0.4) is 0 Å². The van der Waals surface area contributed by atoms with Gasteiger partial charge in [0.1, 0.15) is 0 Å². The predicted molar refractivity (Wildman–Crippen MR) is 243 cm³/mol. The van der Waals surface area contributed by atoms with Crippen molar-refractivity contribution in [2.45, 2.75) is 19.3 Å². The molecule has 0 bridgehead atoms. The zero-order chi connectivity index (χ0) is 37.1. The molecular weight excluding hydrogens is 693 g/mol. The summed E-state index contributed by atoms with van der Waals surface area (Å²) in [4.78, 5) is 0. The summed E-state index contributed by atoms with van der Waals surface area (Å²) in [6.07, 6.45) is 0. The van der Waals surface area contributed by atoms with E-state index in [1.54, 1.807) is 0 Å². The summed E-state index contributed by atoms with van der Waals surface area (Å²) in [6, 6.07) is 67.9. The minimum absolute atomic E-state index is 0.152. The third kappa shape index (κ3) is 4.35. The molecule has 0 radical (unpaired) electrons. The van der Waals surface area contributed by atoms with Gasteiger partial charge in [-0.15, -0.1) is 11.3 Å². The van der Waals surface area contributed by atoms with E-state index in [-0.39, 0.29) is 5.41 Å². The van der Waals surface area contributed by atoms with E-state index < -0.39 is 0 Å². The van der Waals surface area contributed by atoms with Crippen LogP contribution in [0.5, 0.6) is 0 Å². The first-order valence-electron chi connectivity index (χ1n) is 19.6. The molecule has 262 valence electrons. The SMILES string of the molecule is CC1(C)c2cc(-c3ccc(-c4c5ccccc5c(-c5cccc6ccccc56)c5ccccc45)cc3)ccc2-c2c1c1ccccc1c1sc3ccccc3c21. The van der Waals surface area contributed by atoms with Gasteiger partial charge in [-0.2, -0.15) is 0 Å². The molecule has 0 nitrogen and oxygen atoms in total. The van der Waals surface area contributed by atoms with Crippen LogP contribution in [0.15, 0.2) is 182 Å². The normalized spacial score (nSPS) is 13.3. The Balaban J connectivity index is 1.02. The molecular formula is C55H36S. The molecule has 0 atom stereocenters. The molecule has 0 N–H and O–H groups in total. The van der Waals surface area contributed by atoms with Gasteiger partial charge in [0.25, 0.3) is 0 Å². The van der Waals surface area contributed by atoms with Crippen molar-refractivity contribution in [1.82, 2.24) is 0 Å². The lowest BCUT2D eigenvalue weighted by atomic mass is 9.79. The maximum atomic E-state index is 2.48. The second-order valence-corrected chi connectivity index (χ2v) is 17.0. The van der Waals surface area contributed by atoms with E-state index in [4.69, 9.17) is 0 Å². The molecule has 0 saturated heterocycles. The number of rotatable bonds is 3. The Hall–Kier alpha value is -6.54. The van der Waals surface area contributed by atoms with Crippen LogP contribution in [0.2, 0.25) is 0 Å². The van der Waals surface area contributed by atoms with E-state index in [0.29, 0.717) is 0 Å². The number of fused-ring (bicyclic) bond motifs is 13. The molecule has 10 aromatic carbocycles. The van der Waals surface area contributed by atoms with Gasteiger partial charge < -0.3 is 0 Å². The lowest BCUT2D eigenvalue weighted by Gasteiger charge is -2.24. The molecule has 0 fully saturated rings. The van der Waals surface area contributed by atoms with Gasteiger partial charge >= 0.3 is 0 Å². The molecule has 56 heavy (non-hydrogen) atoms. The molecule has 0 amide bonds. The standard InChI is InChI=1S/C55H36S/c1-55(2)47-32-36(30-31-45(47)51-52-46-23-11-12-25-48(46)56-54(52)44-22-10-9-21-43(44)53(51)55)33-26-28-35(29-27-33)49-39-17-5-7-19-41(39)50(42-20-8-6-18-40(42)49)38-24-13-15-34-14-3-4-16-37(34)38/h3-32H,1-2H3. The van der Waals surface area contributed by atoms with Crippen LogP contribution in [-0.4, -0.2) is 0 Å². The Morgan fingerprint density at radius 1 is 0.375 bits per heavy atom. The highest BCUT2D eigenvalue weighted by Gasteiger charge is 2.39. The summed E-state index contributed by atoms with van der Waals surface area (Å²) in [5.41, 5.74) is 13.1. The average molecular weight is 729 g/mol. The molecule has 0 aliphatic heterocycles. The smallest absolute Gasteiger partial charge is 0.0440 e. The van der Waals surface area contributed by atoms with Crippen LogP contribution in [0.25, 0.3) is 108 Å². The number of hydrogen-bond donors (Lipinski definition) is 0. The molecule has 12 rings (SSSR count). The van der Waals surface area contributed by atoms with Crippen LogP contribution in [0, 0.1) is 0 Å². The van der Waals surface area contributed by atoms with E-state index >= 15 is 0 Å². The summed E-state index contributed by atoms with van der Waals surface area (Å²) in [5.74, 6) is 0. The molecule has 1 aliphatic rings. The van der Waals surface area contributed by atoms with E-state index in [1.165, 1.54) is 119 Å².